The summed E-state index contributed by atoms with van der Waals surface area (Å²) in [6.45, 7) is 5.84. The van der Waals surface area contributed by atoms with Gasteiger partial charge in [-0.15, -0.1) is 0 Å². The van der Waals surface area contributed by atoms with Gasteiger partial charge in [-0.05, 0) is 57.5 Å². The van der Waals surface area contributed by atoms with Crippen LogP contribution in [0, 0.1) is 5.92 Å². The molecule has 4 rings (SSSR count). The van der Waals surface area contributed by atoms with Gasteiger partial charge in [0.25, 0.3) is 5.91 Å². The molecule has 1 saturated carbocycles. The molecule has 9 nitrogen and oxygen atoms in total. The van der Waals surface area contributed by atoms with Crippen LogP contribution in [0.4, 0.5) is 11.6 Å². The van der Waals surface area contributed by atoms with Gasteiger partial charge in [0.05, 0.1) is 7.11 Å². The van der Waals surface area contributed by atoms with Gasteiger partial charge >= 0.3 is 0 Å². The van der Waals surface area contributed by atoms with Gasteiger partial charge in [-0.1, -0.05) is 13.8 Å². The van der Waals surface area contributed by atoms with Crippen LogP contribution in [0.2, 0.25) is 0 Å². The fourth-order valence-corrected chi connectivity index (χ4v) is 5.00. The van der Waals surface area contributed by atoms with Gasteiger partial charge < -0.3 is 29.2 Å². The minimum Gasteiger partial charge on any atom is -0.493 e. The Morgan fingerprint density at radius 1 is 1.22 bits per heavy atom. The molecule has 1 unspecified atom stereocenters. The van der Waals surface area contributed by atoms with Gasteiger partial charge in [-0.3, -0.25) is 4.79 Å². The molecule has 0 spiro atoms. The predicted octanol–water partition coefficient (Wildman–Crippen LogP) is 4.36. The lowest BCUT2D eigenvalue weighted by Gasteiger charge is -2.50. The first-order valence-electron chi connectivity index (χ1n) is 12.5. The lowest BCUT2D eigenvalue weighted by atomic mass is 9.65. The number of likely N-dealkylation sites (N-methyl/N-ethyl adjacent to an activating group) is 1. The minimum absolute atomic E-state index is 0.0240. The monoisotopic (exact) mass is 494 g/mol. The Labute approximate surface area is 213 Å². The molecular weight excluding hydrogens is 456 g/mol. The van der Waals surface area contributed by atoms with Crippen LogP contribution < -0.4 is 14.8 Å². The van der Waals surface area contributed by atoms with E-state index in [4.69, 9.17) is 14.5 Å². The summed E-state index contributed by atoms with van der Waals surface area (Å²) in [4.78, 5) is 26.3. The Morgan fingerprint density at radius 2 is 2.00 bits per heavy atom. The summed E-state index contributed by atoms with van der Waals surface area (Å²) < 4.78 is 13.6. The number of methoxy groups -OCH3 is 1. The number of carbonyl (C=O) groups excluding carboxylic acids is 1. The fourth-order valence-electron chi connectivity index (χ4n) is 5.00. The van der Waals surface area contributed by atoms with Crippen LogP contribution in [0.3, 0.4) is 0 Å². The van der Waals surface area contributed by atoms with Crippen molar-refractivity contribution >= 4 is 28.6 Å². The first-order valence-corrected chi connectivity index (χ1v) is 12.5. The molecule has 1 amide bonds. The normalized spacial score (nSPS) is 19.3. The van der Waals surface area contributed by atoms with Gasteiger partial charge in [-0.2, -0.15) is 4.98 Å². The van der Waals surface area contributed by atoms with E-state index < -0.39 is 0 Å². The second-order valence-corrected chi connectivity index (χ2v) is 10.1. The van der Waals surface area contributed by atoms with Crippen LogP contribution in [-0.4, -0.2) is 78.7 Å². The smallest absolute Gasteiger partial charge is 0.270 e. The summed E-state index contributed by atoms with van der Waals surface area (Å²) >= 11 is 0. The standard InChI is InChI=1S/C27H38N6O3/c1-8-27(12-11-18(27)2)33-21(25(34)32(5)6)15-19-17-28-26(30-24(19)33)29-20-9-10-22(23(16-20)35-7)36-14-13-31(3)4/h9-10,15-18H,8,11-14H2,1-7H3,(H,28,29,30)/t18-,27?/m1/s1. The Bertz CT molecular complexity index is 1230. The Kier molecular flexibility index (Phi) is 7.40. The second-order valence-electron chi connectivity index (χ2n) is 10.1. The quantitative estimate of drug-likeness (QED) is 0.448. The molecule has 2 atom stereocenters. The predicted molar refractivity (Wildman–Crippen MR) is 143 cm³/mol. The number of ether oxygens (including phenoxy) is 2. The van der Waals surface area contributed by atoms with E-state index >= 15 is 0 Å². The zero-order valence-electron chi connectivity index (χ0n) is 22.5. The number of benzene rings is 1. The van der Waals surface area contributed by atoms with Crippen molar-refractivity contribution in [2.24, 2.45) is 5.92 Å². The van der Waals surface area contributed by atoms with E-state index in [1.54, 1.807) is 32.3 Å². The van der Waals surface area contributed by atoms with Crippen molar-refractivity contribution in [2.45, 2.75) is 38.6 Å². The molecule has 1 N–H and O–H groups in total. The lowest BCUT2D eigenvalue weighted by molar-refractivity contribution is 0.0488. The average molecular weight is 495 g/mol. The number of aromatic nitrogens is 3. The van der Waals surface area contributed by atoms with Gasteiger partial charge in [0.15, 0.2) is 11.5 Å². The summed E-state index contributed by atoms with van der Waals surface area (Å²) in [6.07, 6.45) is 4.89. The number of rotatable bonds is 10. The summed E-state index contributed by atoms with van der Waals surface area (Å²) in [5, 5.41) is 4.16. The average Bonchev–Trinajstić information content (AvgIpc) is 3.22. The number of nitrogens with one attached hydrogen (secondary N) is 1. The molecule has 2 aromatic heterocycles. The summed E-state index contributed by atoms with van der Waals surface area (Å²) in [6, 6.07) is 7.60. The van der Waals surface area contributed by atoms with Crippen molar-refractivity contribution < 1.29 is 14.3 Å². The van der Waals surface area contributed by atoms with E-state index in [0.717, 1.165) is 42.5 Å². The molecule has 1 aliphatic carbocycles. The Morgan fingerprint density at radius 3 is 2.58 bits per heavy atom. The van der Waals surface area contributed by atoms with Gasteiger partial charge in [-0.25, -0.2) is 4.98 Å². The summed E-state index contributed by atoms with van der Waals surface area (Å²) in [5.74, 6) is 2.22. The van der Waals surface area contributed by atoms with E-state index in [-0.39, 0.29) is 11.4 Å². The molecule has 9 heteroatoms. The van der Waals surface area contributed by atoms with Crippen molar-refractivity contribution in [1.29, 1.82) is 0 Å². The second kappa shape index (κ2) is 10.3. The third-order valence-electron chi connectivity index (χ3n) is 7.37. The molecular formula is C27H38N6O3. The highest BCUT2D eigenvalue weighted by atomic mass is 16.5. The number of amides is 1. The fraction of sp³-hybridized carbons (Fsp3) is 0.519. The SMILES string of the molecule is CCC1(n2c(C(=O)N(C)C)cc3cnc(Nc4ccc(OCCN(C)C)c(OC)c4)nc32)CC[C@H]1C. The maximum absolute atomic E-state index is 13.1. The molecule has 0 aliphatic heterocycles. The molecule has 2 heterocycles. The van der Waals surface area contributed by atoms with Crippen LogP contribution in [-0.2, 0) is 5.54 Å². The molecule has 1 aromatic carbocycles. The molecule has 0 saturated heterocycles. The molecule has 36 heavy (non-hydrogen) atoms. The van der Waals surface area contributed by atoms with Crippen LogP contribution in [0.5, 0.6) is 11.5 Å². The lowest BCUT2D eigenvalue weighted by Crippen LogP contribution is -2.49. The Hall–Kier alpha value is -3.33. The van der Waals surface area contributed by atoms with Crippen LogP contribution in [0.15, 0.2) is 30.5 Å². The molecule has 1 fully saturated rings. The third kappa shape index (κ3) is 4.72. The zero-order chi connectivity index (χ0) is 26.0. The number of hydrogen-bond acceptors (Lipinski definition) is 7. The number of fused-ring (bicyclic) bond motifs is 1. The zero-order valence-corrected chi connectivity index (χ0v) is 22.5. The van der Waals surface area contributed by atoms with Crippen molar-refractivity contribution in [1.82, 2.24) is 24.3 Å². The van der Waals surface area contributed by atoms with Crippen LogP contribution >= 0.6 is 0 Å². The number of hydrogen-bond donors (Lipinski definition) is 1. The van der Waals surface area contributed by atoms with Gasteiger partial charge in [0, 0.05) is 49.5 Å². The van der Waals surface area contributed by atoms with Crippen molar-refractivity contribution in [3.8, 4) is 11.5 Å². The van der Waals surface area contributed by atoms with Crippen molar-refractivity contribution in [3.05, 3.63) is 36.2 Å². The van der Waals surface area contributed by atoms with Crippen molar-refractivity contribution in [2.75, 3.05) is 53.8 Å². The largest absolute Gasteiger partial charge is 0.493 e. The number of nitrogens with zero attached hydrogens (tertiary/aromatic N) is 5. The molecule has 3 aromatic rings. The topological polar surface area (TPSA) is 84.8 Å². The summed E-state index contributed by atoms with van der Waals surface area (Å²) in [5.41, 5.74) is 2.11. The maximum atomic E-state index is 13.1. The molecule has 0 bridgehead atoms. The molecule has 194 valence electrons. The number of carbonyl (C=O) groups is 1. The van der Waals surface area contributed by atoms with Crippen molar-refractivity contribution in [3.63, 3.8) is 0 Å². The molecule has 1 aliphatic rings. The van der Waals surface area contributed by atoms with Crippen LogP contribution in [0.25, 0.3) is 11.0 Å². The third-order valence-corrected chi connectivity index (χ3v) is 7.37. The van der Waals surface area contributed by atoms with E-state index in [9.17, 15) is 4.79 Å². The van der Waals surface area contributed by atoms with E-state index in [0.29, 0.717) is 35.7 Å². The maximum Gasteiger partial charge on any atom is 0.270 e. The highest BCUT2D eigenvalue weighted by molar-refractivity contribution is 5.98. The highest BCUT2D eigenvalue weighted by Gasteiger charge is 2.46. The van der Waals surface area contributed by atoms with E-state index in [1.807, 2.05) is 38.4 Å². The van der Waals surface area contributed by atoms with Gasteiger partial charge in [0.1, 0.15) is 17.9 Å². The van der Waals surface area contributed by atoms with E-state index in [2.05, 4.69) is 33.6 Å². The number of anilines is 2. The molecule has 0 radical (unpaired) electrons. The van der Waals surface area contributed by atoms with Crippen LogP contribution in [0.1, 0.15) is 43.6 Å². The first kappa shape index (κ1) is 25.8. The summed E-state index contributed by atoms with van der Waals surface area (Å²) in [7, 11) is 9.21. The highest BCUT2D eigenvalue weighted by Crippen LogP contribution is 2.49. The van der Waals surface area contributed by atoms with E-state index in [1.165, 1.54) is 0 Å². The van der Waals surface area contributed by atoms with Gasteiger partial charge in [0.2, 0.25) is 5.95 Å². The first-order chi connectivity index (χ1) is 17.2. The Balaban J connectivity index is 1.69. The minimum atomic E-state index is -0.122.